The number of fused-ring (bicyclic) bond motifs is 1. The van der Waals surface area contributed by atoms with Crippen molar-refractivity contribution in [3.8, 4) is 5.69 Å². The maximum atomic E-state index is 13.1. The van der Waals surface area contributed by atoms with Gasteiger partial charge in [0, 0.05) is 12.7 Å². The second kappa shape index (κ2) is 5.48. The van der Waals surface area contributed by atoms with Crippen LogP contribution >= 0.6 is 11.6 Å². The number of imidazole rings is 1. The zero-order valence-electron chi connectivity index (χ0n) is 12.0. The predicted octanol–water partition coefficient (Wildman–Crippen LogP) is 3.59. The Hall–Kier alpha value is -1.88. The number of nitrogens with zero attached hydrogens (tertiary/aromatic N) is 4. The van der Waals surface area contributed by atoms with Crippen molar-refractivity contribution in [1.82, 2.24) is 19.3 Å². The summed E-state index contributed by atoms with van der Waals surface area (Å²) in [5.41, 5.74) is 3.57. The molecule has 4 nitrogen and oxygen atoms in total. The maximum Gasteiger partial charge on any atom is 0.163 e. The number of halogens is 2. The molecule has 2 heterocycles. The normalized spacial score (nSPS) is 11.4. The van der Waals surface area contributed by atoms with Crippen LogP contribution in [-0.4, -0.2) is 19.3 Å². The van der Waals surface area contributed by atoms with Crippen LogP contribution in [0.1, 0.15) is 24.9 Å². The smallest absolute Gasteiger partial charge is 0.163 e. The second-order valence-electron chi connectivity index (χ2n) is 4.97. The molecule has 0 aliphatic rings. The van der Waals surface area contributed by atoms with Crippen molar-refractivity contribution < 1.29 is 4.39 Å². The lowest BCUT2D eigenvalue weighted by Crippen LogP contribution is -2.04. The Labute approximate surface area is 127 Å². The average molecular weight is 307 g/mol. The third-order valence-electron chi connectivity index (χ3n) is 3.46. The van der Waals surface area contributed by atoms with Gasteiger partial charge in [0.05, 0.1) is 11.6 Å². The van der Waals surface area contributed by atoms with Crippen molar-refractivity contribution in [2.45, 2.75) is 25.6 Å². The van der Waals surface area contributed by atoms with Crippen LogP contribution in [0.4, 0.5) is 4.39 Å². The van der Waals surface area contributed by atoms with Gasteiger partial charge in [-0.15, -0.1) is 11.6 Å². The fourth-order valence-corrected chi connectivity index (χ4v) is 2.76. The molecule has 0 amide bonds. The summed E-state index contributed by atoms with van der Waals surface area (Å²) >= 11 is 6.04. The van der Waals surface area contributed by atoms with Gasteiger partial charge in [0.1, 0.15) is 17.2 Å². The molecule has 21 heavy (non-hydrogen) atoms. The first kappa shape index (κ1) is 14.1. The first-order valence-corrected chi connectivity index (χ1v) is 7.44. The molecule has 3 aromatic rings. The summed E-state index contributed by atoms with van der Waals surface area (Å²) in [6.07, 6.45) is 1.88. The van der Waals surface area contributed by atoms with Crippen molar-refractivity contribution in [3.63, 3.8) is 0 Å². The van der Waals surface area contributed by atoms with E-state index in [1.165, 1.54) is 12.1 Å². The summed E-state index contributed by atoms with van der Waals surface area (Å²) in [6, 6.07) is 6.31. The van der Waals surface area contributed by atoms with E-state index in [9.17, 15) is 4.39 Å². The van der Waals surface area contributed by atoms with Crippen molar-refractivity contribution in [1.29, 1.82) is 0 Å². The van der Waals surface area contributed by atoms with Crippen molar-refractivity contribution in [3.05, 3.63) is 41.6 Å². The van der Waals surface area contributed by atoms with Gasteiger partial charge in [-0.3, -0.25) is 4.57 Å². The third-order valence-corrected chi connectivity index (χ3v) is 3.70. The van der Waals surface area contributed by atoms with Gasteiger partial charge in [0.25, 0.3) is 0 Å². The SMILES string of the molecule is CCCc1nn(C)c2c1nc(CCl)n2-c1ccc(F)cc1. The topological polar surface area (TPSA) is 35.6 Å². The highest BCUT2D eigenvalue weighted by Gasteiger charge is 2.19. The number of aryl methyl sites for hydroxylation is 2. The minimum atomic E-state index is -0.265. The van der Waals surface area contributed by atoms with Gasteiger partial charge < -0.3 is 0 Å². The van der Waals surface area contributed by atoms with E-state index in [1.54, 1.807) is 12.1 Å². The zero-order chi connectivity index (χ0) is 15.0. The van der Waals surface area contributed by atoms with Crippen molar-refractivity contribution in [2.75, 3.05) is 0 Å². The molecule has 0 aliphatic carbocycles. The Balaban J connectivity index is 2.27. The van der Waals surface area contributed by atoms with Crippen LogP contribution in [0, 0.1) is 5.82 Å². The number of alkyl halides is 1. The molecule has 0 saturated heterocycles. The third kappa shape index (κ3) is 2.31. The van der Waals surface area contributed by atoms with Gasteiger partial charge in [-0.1, -0.05) is 13.3 Å². The number of benzene rings is 1. The summed E-state index contributed by atoms with van der Waals surface area (Å²) in [4.78, 5) is 4.62. The molecule has 1 aromatic carbocycles. The average Bonchev–Trinajstić information content (AvgIpc) is 2.99. The Morgan fingerprint density at radius 2 is 1.95 bits per heavy atom. The van der Waals surface area contributed by atoms with Crippen LogP contribution in [0.25, 0.3) is 16.9 Å². The fourth-order valence-electron chi connectivity index (χ4n) is 2.58. The van der Waals surface area contributed by atoms with Gasteiger partial charge in [-0.25, -0.2) is 14.1 Å². The van der Waals surface area contributed by atoms with E-state index in [2.05, 4.69) is 17.0 Å². The lowest BCUT2D eigenvalue weighted by Gasteiger charge is -2.08. The molecular weight excluding hydrogens is 291 g/mol. The largest absolute Gasteiger partial charge is 0.280 e. The van der Waals surface area contributed by atoms with Crippen LogP contribution in [-0.2, 0) is 19.3 Å². The second-order valence-corrected chi connectivity index (χ2v) is 5.23. The molecule has 0 bridgehead atoms. The van der Waals surface area contributed by atoms with Gasteiger partial charge in [0.15, 0.2) is 5.65 Å². The summed E-state index contributed by atoms with van der Waals surface area (Å²) in [6.45, 7) is 2.11. The van der Waals surface area contributed by atoms with Crippen molar-refractivity contribution in [2.24, 2.45) is 7.05 Å². The maximum absolute atomic E-state index is 13.1. The highest BCUT2D eigenvalue weighted by atomic mass is 35.5. The minimum absolute atomic E-state index is 0.265. The first-order valence-electron chi connectivity index (χ1n) is 6.90. The highest BCUT2D eigenvalue weighted by molar-refractivity contribution is 6.17. The highest BCUT2D eigenvalue weighted by Crippen LogP contribution is 2.25. The molecule has 0 saturated carbocycles. The van der Waals surface area contributed by atoms with E-state index in [0.29, 0.717) is 0 Å². The van der Waals surface area contributed by atoms with Gasteiger partial charge in [0.2, 0.25) is 0 Å². The molecule has 110 valence electrons. The lowest BCUT2D eigenvalue weighted by atomic mass is 10.2. The minimum Gasteiger partial charge on any atom is -0.280 e. The number of hydrogen-bond donors (Lipinski definition) is 0. The van der Waals surface area contributed by atoms with Crippen molar-refractivity contribution >= 4 is 22.8 Å². The monoisotopic (exact) mass is 306 g/mol. The molecule has 0 aliphatic heterocycles. The van der Waals surface area contributed by atoms with E-state index < -0.39 is 0 Å². The molecule has 0 atom stereocenters. The van der Waals surface area contributed by atoms with E-state index in [-0.39, 0.29) is 11.7 Å². The van der Waals surface area contributed by atoms with E-state index in [0.717, 1.165) is 41.2 Å². The van der Waals surface area contributed by atoms with Crippen LogP contribution in [0.3, 0.4) is 0 Å². The van der Waals surface area contributed by atoms with Gasteiger partial charge in [-0.2, -0.15) is 5.10 Å². The van der Waals surface area contributed by atoms with Gasteiger partial charge in [-0.05, 0) is 30.7 Å². The quantitative estimate of drug-likeness (QED) is 0.691. The molecule has 0 radical (unpaired) electrons. The summed E-state index contributed by atoms with van der Waals surface area (Å²) in [5.74, 6) is 0.764. The number of hydrogen-bond acceptors (Lipinski definition) is 2. The predicted molar refractivity (Wildman–Crippen MR) is 81.3 cm³/mol. The van der Waals surface area contributed by atoms with E-state index in [1.807, 2.05) is 16.3 Å². The molecule has 3 rings (SSSR count). The Kier molecular flexibility index (Phi) is 3.68. The Morgan fingerprint density at radius 3 is 2.57 bits per heavy atom. The summed E-state index contributed by atoms with van der Waals surface area (Å²) < 4.78 is 16.9. The van der Waals surface area contributed by atoms with E-state index in [4.69, 9.17) is 11.6 Å². The summed E-state index contributed by atoms with van der Waals surface area (Å²) in [7, 11) is 1.89. The fraction of sp³-hybridized carbons (Fsp3) is 0.333. The van der Waals surface area contributed by atoms with Gasteiger partial charge >= 0.3 is 0 Å². The molecule has 2 aromatic heterocycles. The van der Waals surface area contributed by atoms with Crippen LogP contribution in [0.15, 0.2) is 24.3 Å². The molecule has 6 heteroatoms. The van der Waals surface area contributed by atoms with Crippen LogP contribution < -0.4 is 0 Å². The van der Waals surface area contributed by atoms with Crippen LogP contribution in [0.2, 0.25) is 0 Å². The zero-order valence-corrected chi connectivity index (χ0v) is 12.7. The standard InChI is InChI=1S/C15H16ClFN4/c1-3-4-12-14-15(20(2)19-12)21(13(9-16)18-14)11-7-5-10(17)6-8-11/h5-8H,3-4,9H2,1-2H3. The lowest BCUT2D eigenvalue weighted by molar-refractivity contribution is 0.627. The Bertz CT molecular complexity index is 773. The van der Waals surface area contributed by atoms with Crippen LogP contribution in [0.5, 0.6) is 0 Å². The molecule has 0 unspecified atom stereocenters. The molecule has 0 spiro atoms. The summed E-state index contributed by atoms with van der Waals surface area (Å²) in [5, 5.41) is 4.53. The number of aromatic nitrogens is 4. The van der Waals surface area contributed by atoms with E-state index >= 15 is 0 Å². The number of rotatable bonds is 4. The molecule has 0 N–H and O–H groups in total. The molecular formula is C15H16ClFN4. The molecule has 0 fully saturated rings. The Morgan fingerprint density at radius 1 is 1.24 bits per heavy atom. The first-order chi connectivity index (χ1) is 10.2.